The summed E-state index contributed by atoms with van der Waals surface area (Å²) >= 11 is 0. The Morgan fingerprint density at radius 2 is 2.04 bits per heavy atom. The van der Waals surface area contributed by atoms with Crippen molar-refractivity contribution in [1.29, 1.82) is 0 Å². The van der Waals surface area contributed by atoms with E-state index in [9.17, 15) is 0 Å². The number of ether oxygens (including phenoxy) is 1. The van der Waals surface area contributed by atoms with Crippen LogP contribution in [0.5, 0.6) is 5.75 Å². The molecule has 0 aliphatic carbocycles. The zero-order chi connectivity index (χ0) is 16.4. The molecule has 3 heterocycles. The number of aromatic nitrogens is 3. The monoisotopic (exact) mass is 315 g/mol. The molecule has 6 heteroatoms. The van der Waals surface area contributed by atoms with E-state index in [1.165, 1.54) is 0 Å². The molecule has 5 nitrogen and oxygen atoms in total. The van der Waals surface area contributed by atoms with Crippen LogP contribution in [0.1, 0.15) is 5.69 Å². The van der Waals surface area contributed by atoms with Gasteiger partial charge in [0.1, 0.15) is 25.7 Å². The van der Waals surface area contributed by atoms with Crippen molar-refractivity contribution in [2.45, 2.75) is 6.61 Å². The molecule has 0 aliphatic rings. The summed E-state index contributed by atoms with van der Waals surface area (Å²) in [4.78, 5) is 12.9. The van der Waals surface area contributed by atoms with Crippen LogP contribution in [0.3, 0.4) is 0 Å². The molecule has 0 saturated carbocycles. The third-order valence-corrected chi connectivity index (χ3v) is 3.63. The number of fused-ring (bicyclic) bond motifs is 1. The fraction of sp³-hybridized carbons (Fsp3) is 0.0556. The number of hydrogen-bond donors (Lipinski definition) is 0. The van der Waals surface area contributed by atoms with E-state index in [2.05, 4.69) is 15.0 Å². The fourth-order valence-electron chi connectivity index (χ4n) is 2.35. The topological polar surface area (TPSA) is 61.0 Å². The van der Waals surface area contributed by atoms with Crippen LogP contribution in [0.15, 0.2) is 65.5 Å². The third kappa shape index (κ3) is 2.99. The Bertz CT molecular complexity index is 969. The first-order chi connectivity index (χ1) is 11.8. The summed E-state index contributed by atoms with van der Waals surface area (Å²) in [5, 5.41) is 0. The van der Waals surface area contributed by atoms with Crippen LogP contribution in [0.2, 0.25) is 0 Å². The molecule has 0 fully saturated rings. The largest absolute Gasteiger partial charge is 0.487 e. The van der Waals surface area contributed by atoms with Gasteiger partial charge in [-0.25, -0.2) is 4.98 Å². The van der Waals surface area contributed by atoms with Gasteiger partial charge in [-0.3, -0.25) is 9.97 Å². The normalized spacial score (nSPS) is 10.8. The number of oxazole rings is 1. The zero-order valence-electron chi connectivity index (χ0n) is 13.1. The lowest BCUT2D eigenvalue weighted by Crippen LogP contribution is -2.05. The van der Waals surface area contributed by atoms with E-state index in [1.54, 1.807) is 12.4 Å². The highest BCUT2D eigenvalue weighted by molar-refractivity contribution is 6.32. The first kappa shape index (κ1) is 14.4. The van der Waals surface area contributed by atoms with Gasteiger partial charge in [-0.15, -0.1) is 0 Å². The quantitative estimate of drug-likeness (QED) is 0.540. The van der Waals surface area contributed by atoms with E-state index < -0.39 is 0 Å². The van der Waals surface area contributed by atoms with Gasteiger partial charge in [0.05, 0.1) is 11.3 Å². The maximum absolute atomic E-state index is 5.80. The molecule has 0 N–H and O–H groups in total. The van der Waals surface area contributed by atoms with E-state index in [0.29, 0.717) is 12.5 Å². The van der Waals surface area contributed by atoms with Crippen LogP contribution >= 0.6 is 0 Å². The van der Waals surface area contributed by atoms with E-state index in [-0.39, 0.29) is 0 Å². The number of hydrogen-bond acceptors (Lipinski definition) is 5. The van der Waals surface area contributed by atoms with Crippen LogP contribution in [0, 0.1) is 0 Å². The smallest absolute Gasteiger partial charge is 0.228 e. The summed E-state index contributed by atoms with van der Waals surface area (Å²) in [6.45, 7) is 0.416. The van der Waals surface area contributed by atoms with E-state index in [0.717, 1.165) is 33.6 Å². The molecule has 116 valence electrons. The Morgan fingerprint density at radius 3 is 2.83 bits per heavy atom. The second-order valence-electron chi connectivity index (χ2n) is 5.51. The van der Waals surface area contributed by atoms with Gasteiger partial charge >= 0.3 is 0 Å². The number of benzene rings is 1. The molecule has 0 atom stereocenters. The molecule has 3 aromatic heterocycles. The van der Waals surface area contributed by atoms with Gasteiger partial charge in [0.15, 0.2) is 5.58 Å². The van der Waals surface area contributed by atoms with E-state index in [4.69, 9.17) is 9.15 Å². The molecule has 0 saturated heterocycles. The Morgan fingerprint density at radius 1 is 1.08 bits per heavy atom. The van der Waals surface area contributed by atoms with Crippen molar-refractivity contribution in [3.63, 3.8) is 0 Å². The molecule has 1 aromatic carbocycles. The minimum absolute atomic E-state index is 0.416. The highest BCUT2D eigenvalue weighted by atomic mass is 16.5. The predicted octanol–water partition coefficient (Wildman–Crippen LogP) is 2.12. The molecule has 4 aromatic rings. The minimum Gasteiger partial charge on any atom is -0.487 e. The molecule has 0 radical (unpaired) electrons. The molecular formula is C18H14BN3O2. The molecular weight excluding hydrogens is 301 g/mol. The second-order valence-corrected chi connectivity index (χ2v) is 5.51. The van der Waals surface area contributed by atoms with Crippen molar-refractivity contribution < 1.29 is 9.15 Å². The standard InChI is InChI=1S/C18H14BN3O2/c19-13-3-4-14(21-10-13)11-23-15-5-6-17-16(8-15)22-18(24-17)12-2-1-7-20-9-12/h1-10H,11,19H2. The molecule has 4 rings (SSSR count). The van der Waals surface area contributed by atoms with Crippen LogP contribution in [-0.2, 0) is 6.61 Å². The van der Waals surface area contributed by atoms with Crippen LogP contribution in [0.25, 0.3) is 22.6 Å². The number of pyridine rings is 2. The lowest BCUT2D eigenvalue weighted by Gasteiger charge is -2.05. The molecule has 24 heavy (non-hydrogen) atoms. The van der Waals surface area contributed by atoms with Crippen molar-refractivity contribution >= 4 is 24.4 Å². The number of nitrogens with zero attached hydrogens (tertiary/aromatic N) is 3. The molecule has 0 spiro atoms. The molecule has 0 amide bonds. The van der Waals surface area contributed by atoms with Gasteiger partial charge in [0.25, 0.3) is 0 Å². The summed E-state index contributed by atoms with van der Waals surface area (Å²) in [6, 6.07) is 13.4. The summed E-state index contributed by atoms with van der Waals surface area (Å²) in [6.07, 6.45) is 5.28. The highest BCUT2D eigenvalue weighted by Crippen LogP contribution is 2.26. The van der Waals surface area contributed by atoms with Crippen LogP contribution in [0.4, 0.5) is 0 Å². The molecule has 0 bridgehead atoms. The van der Waals surface area contributed by atoms with Crippen molar-refractivity contribution in [1.82, 2.24) is 15.0 Å². The van der Waals surface area contributed by atoms with Crippen LogP contribution in [-0.4, -0.2) is 22.8 Å². The van der Waals surface area contributed by atoms with Gasteiger partial charge in [-0.2, -0.15) is 0 Å². The summed E-state index contributed by atoms with van der Waals surface area (Å²) in [5.41, 5.74) is 4.33. The number of rotatable bonds is 4. The molecule has 0 aliphatic heterocycles. The second kappa shape index (κ2) is 6.16. The SMILES string of the molecule is Bc1ccc(COc2ccc3oc(-c4cccnc4)nc3c2)nc1. The first-order valence-electron chi connectivity index (χ1n) is 7.63. The average molecular weight is 315 g/mol. The minimum atomic E-state index is 0.416. The van der Waals surface area contributed by atoms with Crippen molar-refractivity contribution in [2.75, 3.05) is 0 Å². The lowest BCUT2D eigenvalue weighted by atomic mass is 9.99. The fourth-order valence-corrected chi connectivity index (χ4v) is 2.35. The Labute approximate surface area is 139 Å². The summed E-state index contributed by atoms with van der Waals surface area (Å²) in [5.74, 6) is 1.28. The van der Waals surface area contributed by atoms with Gasteiger partial charge in [0, 0.05) is 24.7 Å². The predicted molar refractivity (Wildman–Crippen MR) is 94.0 cm³/mol. The van der Waals surface area contributed by atoms with Crippen molar-refractivity contribution in [3.05, 3.63) is 66.7 Å². The van der Waals surface area contributed by atoms with Crippen molar-refractivity contribution in [2.24, 2.45) is 0 Å². The van der Waals surface area contributed by atoms with Gasteiger partial charge < -0.3 is 9.15 Å². The summed E-state index contributed by atoms with van der Waals surface area (Å²) in [7, 11) is 2.01. The van der Waals surface area contributed by atoms with Crippen LogP contribution < -0.4 is 10.2 Å². The van der Waals surface area contributed by atoms with E-state index >= 15 is 0 Å². The molecule has 0 unspecified atom stereocenters. The summed E-state index contributed by atoms with van der Waals surface area (Å²) < 4.78 is 11.6. The van der Waals surface area contributed by atoms with Gasteiger partial charge in [-0.1, -0.05) is 11.5 Å². The lowest BCUT2D eigenvalue weighted by molar-refractivity contribution is 0.301. The van der Waals surface area contributed by atoms with Gasteiger partial charge in [-0.05, 0) is 30.3 Å². The maximum atomic E-state index is 5.80. The first-order valence-corrected chi connectivity index (χ1v) is 7.63. The van der Waals surface area contributed by atoms with Crippen molar-refractivity contribution in [3.8, 4) is 17.2 Å². The Balaban J connectivity index is 1.55. The third-order valence-electron chi connectivity index (χ3n) is 3.63. The van der Waals surface area contributed by atoms with E-state index in [1.807, 2.05) is 56.5 Å². The Kier molecular flexibility index (Phi) is 3.71. The average Bonchev–Trinajstić information content (AvgIpc) is 3.05. The van der Waals surface area contributed by atoms with Gasteiger partial charge in [0.2, 0.25) is 5.89 Å². The Hall–Kier alpha value is -3.15. The highest BCUT2D eigenvalue weighted by Gasteiger charge is 2.09. The maximum Gasteiger partial charge on any atom is 0.228 e. The zero-order valence-corrected chi connectivity index (χ0v) is 13.1.